The fraction of sp³-hybridized carbons (Fsp3) is 0.500. The Morgan fingerprint density at radius 3 is 2.45 bits per heavy atom. The zero-order chi connectivity index (χ0) is 15.9. The van der Waals surface area contributed by atoms with E-state index in [0.717, 1.165) is 22.9 Å². The molecule has 1 saturated heterocycles. The fourth-order valence-electron chi connectivity index (χ4n) is 2.88. The van der Waals surface area contributed by atoms with Crippen molar-refractivity contribution in [2.75, 3.05) is 19.6 Å². The third kappa shape index (κ3) is 2.90. The summed E-state index contributed by atoms with van der Waals surface area (Å²) in [5.74, 6) is -0.160. The minimum Gasteiger partial charge on any atom is -0.336 e. The van der Waals surface area contributed by atoms with Gasteiger partial charge in [0.15, 0.2) is 0 Å². The normalized spacial score (nSPS) is 21.7. The maximum atomic E-state index is 12.8. The number of nitrogens with two attached hydrogens (primary N) is 1. The van der Waals surface area contributed by atoms with E-state index in [1.165, 1.54) is 0 Å². The second kappa shape index (κ2) is 5.66. The fourth-order valence-corrected chi connectivity index (χ4v) is 3.14. The largest absolute Gasteiger partial charge is 0.336 e. The molecule has 5 nitrogen and oxygen atoms in total. The lowest BCUT2D eigenvalue weighted by atomic mass is 9.91. The Hall–Kier alpha value is -1.40. The van der Waals surface area contributed by atoms with E-state index in [4.69, 9.17) is 5.73 Å². The van der Waals surface area contributed by atoms with Gasteiger partial charge in [0.2, 0.25) is 11.8 Å². The third-order valence-electron chi connectivity index (χ3n) is 4.42. The second-order valence-corrected chi connectivity index (χ2v) is 7.17. The number of carbonyl (C=O) groups excluding carboxylic acids is 2. The minimum absolute atomic E-state index is 0.0358. The van der Waals surface area contributed by atoms with Gasteiger partial charge in [-0.15, -0.1) is 0 Å². The molecule has 118 valence electrons. The van der Waals surface area contributed by atoms with Crippen LogP contribution < -0.4 is 5.73 Å². The van der Waals surface area contributed by atoms with Crippen molar-refractivity contribution in [2.45, 2.75) is 31.3 Å². The van der Waals surface area contributed by atoms with Crippen LogP contribution in [0, 0.1) is 0 Å². The van der Waals surface area contributed by atoms with Gasteiger partial charge >= 0.3 is 0 Å². The van der Waals surface area contributed by atoms with Crippen molar-refractivity contribution < 1.29 is 9.59 Å². The number of rotatable bonds is 3. The molecule has 0 radical (unpaired) electrons. The Labute approximate surface area is 138 Å². The van der Waals surface area contributed by atoms with E-state index in [9.17, 15) is 9.59 Å². The minimum atomic E-state index is -1.12. The molecule has 0 spiro atoms. The SMILES string of the molecule is CC(N)(C(=O)N1CCN(C2CC2)C(=O)C1)c1ccc(Br)cc1. The summed E-state index contributed by atoms with van der Waals surface area (Å²) in [6.45, 7) is 3.02. The predicted octanol–water partition coefficient (Wildman–Crippen LogP) is 1.46. The standard InChI is InChI=1S/C16H20BrN3O2/c1-16(18,11-2-4-12(17)5-3-11)15(22)19-8-9-20(13-6-7-13)14(21)10-19/h2-5,13H,6-10,18H2,1H3. The van der Waals surface area contributed by atoms with Crippen LogP contribution in [-0.4, -0.2) is 47.3 Å². The molecule has 2 aliphatic rings. The Morgan fingerprint density at radius 1 is 1.27 bits per heavy atom. The molecular weight excluding hydrogens is 346 g/mol. The molecule has 1 aromatic carbocycles. The van der Waals surface area contributed by atoms with Crippen LogP contribution in [0.25, 0.3) is 0 Å². The molecule has 6 heteroatoms. The lowest BCUT2D eigenvalue weighted by Crippen LogP contribution is -2.58. The Morgan fingerprint density at radius 2 is 1.91 bits per heavy atom. The van der Waals surface area contributed by atoms with Crippen LogP contribution in [0.15, 0.2) is 28.7 Å². The molecule has 2 N–H and O–H groups in total. The molecule has 1 saturated carbocycles. The van der Waals surface area contributed by atoms with E-state index in [1.54, 1.807) is 11.8 Å². The molecule has 3 rings (SSSR count). The maximum absolute atomic E-state index is 12.8. The average molecular weight is 366 g/mol. The van der Waals surface area contributed by atoms with Gasteiger partial charge in [-0.05, 0) is 37.5 Å². The van der Waals surface area contributed by atoms with E-state index >= 15 is 0 Å². The van der Waals surface area contributed by atoms with Crippen molar-refractivity contribution in [2.24, 2.45) is 5.73 Å². The lowest BCUT2D eigenvalue weighted by molar-refractivity contribution is -0.148. The summed E-state index contributed by atoms with van der Waals surface area (Å²) in [5, 5.41) is 0. The monoisotopic (exact) mass is 365 g/mol. The Balaban J connectivity index is 1.72. The van der Waals surface area contributed by atoms with Gasteiger partial charge in [0, 0.05) is 23.6 Å². The van der Waals surface area contributed by atoms with Gasteiger partial charge in [-0.1, -0.05) is 28.1 Å². The van der Waals surface area contributed by atoms with Gasteiger partial charge in [-0.25, -0.2) is 0 Å². The highest BCUT2D eigenvalue weighted by molar-refractivity contribution is 9.10. The number of nitrogens with zero attached hydrogens (tertiary/aromatic N) is 2. The number of benzene rings is 1. The molecule has 2 fully saturated rings. The van der Waals surface area contributed by atoms with E-state index < -0.39 is 5.54 Å². The first-order chi connectivity index (χ1) is 10.4. The van der Waals surface area contributed by atoms with Crippen molar-refractivity contribution in [3.8, 4) is 0 Å². The first-order valence-corrected chi connectivity index (χ1v) is 8.32. The quantitative estimate of drug-likeness (QED) is 0.881. The van der Waals surface area contributed by atoms with E-state index in [1.807, 2.05) is 29.2 Å². The van der Waals surface area contributed by atoms with Crippen LogP contribution in [0.1, 0.15) is 25.3 Å². The third-order valence-corrected chi connectivity index (χ3v) is 4.95. The zero-order valence-corrected chi connectivity index (χ0v) is 14.2. The maximum Gasteiger partial charge on any atom is 0.247 e. The summed E-state index contributed by atoms with van der Waals surface area (Å²) >= 11 is 3.37. The van der Waals surface area contributed by atoms with Crippen molar-refractivity contribution in [1.82, 2.24) is 9.80 Å². The second-order valence-electron chi connectivity index (χ2n) is 6.25. The number of amides is 2. The van der Waals surface area contributed by atoms with E-state index in [-0.39, 0.29) is 18.4 Å². The molecule has 2 amide bonds. The molecule has 1 aromatic rings. The molecule has 22 heavy (non-hydrogen) atoms. The van der Waals surface area contributed by atoms with Crippen LogP contribution in [0.5, 0.6) is 0 Å². The molecular formula is C16H20BrN3O2. The van der Waals surface area contributed by atoms with Crippen molar-refractivity contribution in [3.05, 3.63) is 34.3 Å². The van der Waals surface area contributed by atoms with Crippen LogP contribution in [0.3, 0.4) is 0 Å². The predicted molar refractivity (Wildman–Crippen MR) is 87.0 cm³/mol. The van der Waals surface area contributed by atoms with Crippen molar-refractivity contribution in [1.29, 1.82) is 0 Å². The number of hydrogen-bond acceptors (Lipinski definition) is 3. The highest BCUT2D eigenvalue weighted by atomic mass is 79.9. The first kappa shape index (κ1) is 15.5. The van der Waals surface area contributed by atoms with Crippen molar-refractivity contribution in [3.63, 3.8) is 0 Å². The van der Waals surface area contributed by atoms with Gasteiger partial charge < -0.3 is 15.5 Å². The van der Waals surface area contributed by atoms with Crippen molar-refractivity contribution >= 4 is 27.7 Å². The number of piperazine rings is 1. The number of hydrogen-bond donors (Lipinski definition) is 1. The van der Waals surface area contributed by atoms with Gasteiger partial charge in [0.05, 0.1) is 6.54 Å². The topological polar surface area (TPSA) is 66.6 Å². The van der Waals surface area contributed by atoms with Crippen LogP contribution in [0.4, 0.5) is 0 Å². The van der Waals surface area contributed by atoms with Crippen LogP contribution in [-0.2, 0) is 15.1 Å². The molecule has 1 aliphatic carbocycles. The highest BCUT2D eigenvalue weighted by Gasteiger charge is 2.41. The first-order valence-electron chi connectivity index (χ1n) is 7.53. The van der Waals surface area contributed by atoms with Gasteiger partial charge in [-0.2, -0.15) is 0 Å². The Kier molecular flexibility index (Phi) is 3.99. The van der Waals surface area contributed by atoms with Crippen LogP contribution in [0.2, 0.25) is 0 Å². The van der Waals surface area contributed by atoms with Gasteiger partial charge in [0.1, 0.15) is 5.54 Å². The highest BCUT2D eigenvalue weighted by Crippen LogP contribution is 2.29. The molecule has 1 heterocycles. The molecule has 1 atom stereocenters. The van der Waals surface area contributed by atoms with Gasteiger partial charge in [-0.3, -0.25) is 9.59 Å². The molecule has 0 aromatic heterocycles. The average Bonchev–Trinajstić information content (AvgIpc) is 3.31. The van der Waals surface area contributed by atoms with Gasteiger partial charge in [0.25, 0.3) is 0 Å². The zero-order valence-electron chi connectivity index (χ0n) is 12.6. The summed E-state index contributed by atoms with van der Waals surface area (Å²) in [6.07, 6.45) is 2.18. The summed E-state index contributed by atoms with van der Waals surface area (Å²) in [7, 11) is 0. The van der Waals surface area contributed by atoms with E-state index in [2.05, 4.69) is 15.9 Å². The summed E-state index contributed by atoms with van der Waals surface area (Å²) in [4.78, 5) is 28.4. The summed E-state index contributed by atoms with van der Waals surface area (Å²) in [5.41, 5.74) is 5.91. The van der Waals surface area contributed by atoms with E-state index in [0.29, 0.717) is 19.1 Å². The Bertz CT molecular complexity index is 596. The summed E-state index contributed by atoms with van der Waals surface area (Å²) < 4.78 is 0.938. The number of halogens is 1. The molecule has 1 unspecified atom stereocenters. The van der Waals surface area contributed by atoms with Crippen LogP contribution >= 0.6 is 15.9 Å². The number of carbonyl (C=O) groups is 2. The summed E-state index contributed by atoms with van der Waals surface area (Å²) in [6, 6.07) is 7.81. The lowest BCUT2D eigenvalue weighted by Gasteiger charge is -2.38. The smallest absolute Gasteiger partial charge is 0.247 e. The molecule has 1 aliphatic heterocycles. The molecule has 0 bridgehead atoms.